The van der Waals surface area contributed by atoms with E-state index in [-0.39, 0.29) is 28.4 Å². The summed E-state index contributed by atoms with van der Waals surface area (Å²) in [4.78, 5) is 11.8. The lowest BCUT2D eigenvalue weighted by atomic mass is 10.1. The minimum absolute atomic E-state index is 0.0759. The highest BCUT2D eigenvalue weighted by Crippen LogP contribution is 2.19. The van der Waals surface area contributed by atoms with Gasteiger partial charge in [0.05, 0.1) is 11.4 Å². The predicted octanol–water partition coefficient (Wildman–Crippen LogP) is 0.186. The summed E-state index contributed by atoms with van der Waals surface area (Å²) in [6.07, 6.45) is 1.90. The number of benzene rings is 1. The average molecular weight is 327 g/mol. The van der Waals surface area contributed by atoms with E-state index >= 15 is 0 Å². The van der Waals surface area contributed by atoms with Gasteiger partial charge in [-0.15, -0.1) is 0 Å². The van der Waals surface area contributed by atoms with Crippen LogP contribution in [-0.2, 0) is 14.8 Å². The molecule has 1 aromatic carbocycles. The van der Waals surface area contributed by atoms with E-state index in [2.05, 4.69) is 10.0 Å². The summed E-state index contributed by atoms with van der Waals surface area (Å²) in [5.74, 6) is -0.329. The van der Waals surface area contributed by atoms with Crippen LogP contribution < -0.4 is 15.8 Å². The van der Waals surface area contributed by atoms with Gasteiger partial charge in [-0.2, -0.15) is 0 Å². The molecule has 0 aliphatic heterocycles. The molecule has 1 fully saturated rings. The molecule has 0 unspecified atom stereocenters. The van der Waals surface area contributed by atoms with Crippen LogP contribution in [0.3, 0.4) is 0 Å². The Labute approximate surface area is 129 Å². The fourth-order valence-corrected chi connectivity index (χ4v) is 3.17. The van der Waals surface area contributed by atoms with E-state index in [0.717, 1.165) is 12.8 Å². The molecule has 1 aliphatic carbocycles. The molecule has 1 aliphatic rings. The monoisotopic (exact) mass is 327 g/mol. The number of aryl methyl sites for hydroxylation is 1. The Morgan fingerprint density at radius 3 is 2.67 bits per heavy atom. The summed E-state index contributed by atoms with van der Waals surface area (Å²) >= 11 is 4.85. The SMILES string of the molecule is Cc1ccc(C(N)=S)cc1S(=O)(=O)NCC(=O)NC1CC1. The molecule has 0 atom stereocenters. The maximum absolute atomic E-state index is 12.3. The van der Waals surface area contributed by atoms with Crippen LogP contribution in [0.2, 0.25) is 0 Å². The molecule has 4 N–H and O–H groups in total. The molecule has 21 heavy (non-hydrogen) atoms. The molecule has 8 heteroatoms. The van der Waals surface area contributed by atoms with Crippen LogP contribution in [0.15, 0.2) is 23.1 Å². The third-order valence-corrected chi connectivity index (χ3v) is 4.91. The average Bonchev–Trinajstić information content (AvgIpc) is 3.20. The Morgan fingerprint density at radius 2 is 2.10 bits per heavy atom. The van der Waals surface area contributed by atoms with Gasteiger partial charge in [-0.3, -0.25) is 4.79 Å². The zero-order valence-corrected chi connectivity index (χ0v) is 13.2. The van der Waals surface area contributed by atoms with E-state index in [9.17, 15) is 13.2 Å². The zero-order valence-electron chi connectivity index (χ0n) is 11.5. The highest BCUT2D eigenvalue weighted by Gasteiger charge is 2.24. The highest BCUT2D eigenvalue weighted by atomic mass is 32.2. The second kappa shape index (κ2) is 6.08. The lowest BCUT2D eigenvalue weighted by Crippen LogP contribution is -2.38. The normalized spacial score (nSPS) is 14.7. The molecule has 0 spiro atoms. The van der Waals surface area contributed by atoms with Gasteiger partial charge in [-0.05, 0) is 31.4 Å². The summed E-state index contributed by atoms with van der Waals surface area (Å²) in [7, 11) is -3.78. The van der Waals surface area contributed by atoms with E-state index in [4.69, 9.17) is 18.0 Å². The van der Waals surface area contributed by atoms with E-state index in [0.29, 0.717) is 11.1 Å². The minimum atomic E-state index is -3.78. The molecule has 6 nitrogen and oxygen atoms in total. The summed E-state index contributed by atoms with van der Waals surface area (Å²) < 4.78 is 26.8. The first-order valence-electron chi connectivity index (χ1n) is 6.49. The number of carbonyl (C=O) groups excluding carboxylic acids is 1. The Kier molecular flexibility index (Phi) is 4.60. The quantitative estimate of drug-likeness (QED) is 0.647. The third-order valence-electron chi connectivity index (χ3n) is 3.13. The minimum Gasteiger partial charge on any atom is -0.389 e. The molecule has 2 rings (SSSR count). The van der Waals surface area contributed by atoms with Crippen LogP contribution in [0, 0.1) is 6.92 Å². The van der Waals surface area contributed by atoms with Gasteiger partial charge < -0.3 is 11.1 Å². The van der Waals surface area contributed by atoms with Crippen molar-refractivity contribution in [3.8, 4) is 0 Å². The number of hydrogen-bond acceptors (Lipinski definition) is 4. The summed E-state index contributed by atoms with van der Waals surface area (Å²) in [6.45, 7) is 1.39. The number of rotatable bonds is 6. The van der Waals surface area contributed by atoms with E-state index in [1.165, 1.54) is 6.07 Å². The lowest BCUT2D eigenvalue weighted by molar-refractivity contribution is -0.120. The molecule has 1 saturated carbocycles. The standard InChI is InChI=1S/C13H17N3O3S2/c1-8-2-3-9(13(14)20)6-11(8)21(18,19)15-7-12(17)16-10-4-5-10/h2-3,6,10,15H,4-5,7H2,1H3,(H2,14,20)(H,16,17). The van der Waals surface area contributed by atoms with Crippen molar-refractivity contribution in [3.63, 3.8) is 0 Å². The van der Waals surface area contributed by atoms with Gasteiger partial charge in [0.1, 0.15) is 4.99 Å². The number of nitrogens with one attached hydrogen (secondary N) is 2. The van der Waals surface area contributed by atoms with Crippen molar-refractivity contribution in [2.75, 3.05) is 6.54 Å². The highest BCUT2D eigenvalue weighted by molar-refractivity contribution is 7.89. The molecule has 1 amide bonds. The molecule has 1 aromatic rings. The Hall–Kier alpha value is -1.51. The first-order valence-corrected chi connectivity index (χ1v) is 8.38. The molecular weight excluding hydrogens is 310 g/mol. The number of amides is 1. The van der Waals surface area contributed by atoms with Crippen LogP contribution in [0.4, 0.5) is 0 Å². The topological polar surface area (TPSA) is 101 Å². The van der Waals surface area contributed by atoms with Crippen molar-refractivity contribution in [1.29, 1.82) is 0 Å². The Morgan fingerprint density at radius 1 is 1.43 bits per heavy atom. The number of thiocarbonyl (C=S) groups is 1. The molecular formula is C13H17N3O3S2. The number of hydrogen-bond donors (Lipinski definition) is 3. The van der Waals surface area contributed by atoms with Gasteiger partial charge in [0.25, 0.3) is 0 Å². The molecule has 0 heterocycles. The van der Waals surface area contributed by atoms with E-state index in [1.54, 1.807) is 19.1 Å². The van der Waals surface area contributed by atoms with Crippen molar-refractivity contribution >= 4 is 33.1 Å². The fraction of sp³-hybridized carbons (Fsp3) is 0.385. The van der Waals surface area contributed by atoms with Crippen molar-refractivity contribution in [3.05, 3.63) is 29.3 Å². The van der Waals surface area contributed by atoms with Crippen molar-refractivity contribution in [1.82, 2.24) is 10.0 Å². The molecule has 114 valence electrons. The van der Waals surface area contributed by atoms with Crippen LogP contribution in [-0.4, -0.2) is 31.9 Å². The largest absolute Gasteiger partial charge is 0.389 e. The third kappa shape index (κ3) is 4.23. The van der Waals surface area contributed by atoms with Crippen molar-refractivity contribution in [2.24, 2.45) is 5.73 Å². The number of sulfonamides is 1. The second-order valence-electron chi connectivity index (χ2n) is 5.01. The molecule has 0 saturated heterocycles. The second-order valence-corrected chi connectivity index (χ2v) is 7.19. The number of carbonyl (C=O) groups is 1. The van der Waals surface area contributed by atoms with Gasteiger partial charge in [0.15, 0.2) is 0 Å². The number of nitrogens with two attached hydrogens (primary N) is 1. The van der Waals surface area contributed by atoms with Gasteiger partial charge in [-0.25, -0.2) is 13.1 Å². The summed E-state index contributed by atoms with van der Waals surface area (Å²) in [5.41, 5.74) is 6.54. The van der Waals surface area contributed by atoms with Gasteiger partial charge in [0.2, 0.25) is 15.9 Å². The molecule has 0 bridgehead atoms. The van der Waals surface area contributed by atoms with Crippen LogP contribution >= 0.6 is 12.2 Å². The smallest absolute Gasteiger partial charge is 0.241 e. The van der Waals surface area contributed by atoms with Gasteiger partial charge >= 0.3 is 0 Å². The fourth-order valence-electron chi connectivity index (χ4n) is 1.79. The first-order chi connectivity index (χ1) is 9.79. The maximum atomic E-state index is 12.3. The Balaban J connectivity index is 2.12. The van der Waals surface area contributed by atoms with Crippen molar-refractivity contribution < 1.29 is 13.2 Å². The first kappa shape index (κ1) is 15.9. The van der Waals surface area contributed by atoms with E-state index < -0.39 is 10.0 Å². The van der Waals surface area contributed by atoms with Crippen LogP contribution in [0.25, 0.3) is 0 Å². The lowest BCUT2D eigenvalue weighted by Gasteiger charge is -2.11. The van der Waals surface area contributed by atoms with Gasteiger partial charge in [-0.1, -0.05) is 24.4 Å². The zero-order chi connectivity index (χ0) is 15.6. The molecule has 0 aromatic heterocycles. The van der Waals surface area contributed by atoms with Crippen LogP contribution in [0.1, 0.15) is 24.0 Å². The predicted molar refractivity (Wildman–Crippen MR) is 83.4 cm³/mol. The Bertz CT molecular complexity index is 682. The van der Waals surface area contributed by atoms with E-state index in [1.807, 2.05) is 0 Å². The maximum Gasteiger partial charge on any atom is 0.241 e. The van der Waals surface area contributed by atoms with Crippen LogP contribution in [0.5, 0.6) is 0 Å². The van der Waals surface area contributed by atoms with Gasteiger partial charge in [0, 0.05) is 11.6 Å². The summed E-state index contributed by atoms with van der Waals surface area (Å²) in [6, 6.07) is 4.91. The summed E-state index contributed by atoms with van der Waals surface area (Å²) in [5, 5.41) is 2.72. The van der Waals surface area contributed by atoms with Crippen molar-refractivity contribution in [2.45, 2.75) is 30.7 Å². The molecule has 0 radical (unpaired) electrons.